The molecule has 2 atom stereocenters. The molecule has 2 heterocycles. The lowest BCUT2D eigenvalue weighted by Crippen LogP contribution is -2.47. The highest BCUT2D eigenvalue weighted by atomic mass is 15.2. The molecule has 0 amide bonds. The highest BCUT2D eigenvalue weighted by Gasteiger charge is 2.34. The Labute approximate surface area is 92.4 Å². The van der Waals surface area contributed by atoms with Gasteiger partial charge in [0.05, 0.1) is 6.07 Å². The molecule has 0 aromatic carbocycles. The Morgan fingerprint density at radius 1 is 1.33 bits per heavy atom. The van der Waals surface area contributed by atoms with Gasteiger partial charge in [-0.25, -0.2) is 0 Å². The van der Waals surface area contributed by atoms with Crippen LogP contribution in [0.3, 0.4) is 0 Å². The van der Waals surface area contributed by atoms with Crippen molar-refractivity contribution in [1.29, 1.82) is 5.26 Å². The van der Waals surface area contributed by atoms with Crippen molar-refractivity contribution in [3.05, 3.63) is 0 Å². The summed E-state index contributed by atoms with van der Waals surface area (Å²) in [6.45, 7) is 1.08. The van der Waals surface area contributed by atoms with Gasteiger partial charge in [-0.05, 0) is 45.7 Å². The van der Waals surface area contributed by atoms with E-state index in [1.165, 1.54) is 25.7 Å². The van der Waals surface area contributed by atoms with Crippen LogP contribution in [0.4, 0.5) is 0 Å². The average Bonchev–Trinajstić information content (AvgIpc) is 2.58. The van der Waals surface area contributed by atoms with Crippen LogP contribution in [0.5, 0.6) is 0 Å². The van der Waals surface area contributed by atoms with Crippen molar-refractivity contribution in [2.45, 2.75) is 56.7 Å². The van der Waals surface area contributed by atoms with Crippen molar-refractivity contribution in [1.82, 2.24) is 10.2 Å². The monoisotopic (exact) mass is 207 g/mol. The molecule has 2 rings (SSSR count). The maximum Gasteiger partial charge on any atom is 0.0622 e. The summed E-state index contributed by atoms with van der Waals surface area (Å²) in [5.41, 5.74) is 0. The standard InChI is InChI=1S/C12H21N3/c1-15(7-3-2-6-13)12-8-10-4-5-11(9-12)14-10/h10-12,14H,2-5,7-9H2,1H3. The Morgan fingerprint density at radius 2 is 2.00 bits per heavy atom. The first-order valence-corrected chi connectivity index (χ1v) is 6.13. The molecule has 2 unspecified atom stereocenters. The number of unbranched alkanes of at least 4 members (excludes halogenated alkanes) is 1. The highest BCUT2D eigenvalue weighted by Crippen LogP contribution is 2.29. The minimum Gasteiger partial charge on any atom is -0.311 e. The molecule has 2 saturated heterocycles. The zero-order valence-corrected chi connectivity index (χ0v) is 9.58. The van der Waals surface area contributed by atoms with Crippen LogP contribution in [0.2, 0.25) is 0 Å². The van der Waals surface area contributed by atoms with Crippen molar-refractivity contribution in [3.8, 4) is 6.07 Å². The molecule has 84 valence electrons. The smallest absolute Gasteiger partial charge is 0.0622 e. The van der Waals surface area contributed by atoms with Gasteiger partial charge in [-0.2, -0.15) is 5.26 Å². The summed E-state index contributed by atoms with van der Waals surface area (Å²) in [7, 11) is 2.22. The van der Waals surface area contributed by atoms with Gasteiger partial charge in [0.2, 0.25) is 0 Å². The molecule has 0 radical (unpaired) electrons. The van der Waals surface area contributed by atoms with Crippen LogP contribution in [-0.2, 0) is 0 Å². The van der Waals surface area contributed by atoms with E-state index in [1.807, 2.05) is 0 Å². The molecular formula is C12H21N3. The zero-order valence-electron chi connectivity index (χ0n) is 9.58. The SMILES string of the molecule is CN(CCCC#N)C1CC2CCC(C1)N2. The maximum atomic E-state index is 8.51. The van der Waals surface area contributed by atoms with Crippen molar-refractivity contribution in [3.63, 3.8) is 0 Å². The third-order valence-corrected chi connectivity index (χ3v) is 3.87. The second-order valence-electron chi connectivity index (χ2n) is 5.01. The summed E-state index contributed by atoms with van der Waals surface area (Å²) in [6, 6.07) is 4.51. The van der Waals surface area contributed by atoms with Crippen LogP contribution in [0.25, 0.3) is 0 Å². The Balaban J connectivity index is 1.76. The van der Waals surface area contributed by atoms with E-state index in [2.05, 4.69) is 23.3 Å². The van der Waals surface area contributed by atoms with Gasteiger partial charge in [0, 0.05) is 24.5 Å². The number of piperidine rings is 1. The molecule has 2 aliphatic rings. The summed E-state index contributed by atoms with van der Waals surface area (Å²) in [5.74, 6) is 0. The third kappa shape index (κ3) is 2.70. The van der Waals surface area contributed by atoms with Crippen LogP contribution in [0.1, 0.15) is 38.5 Å². The lowest BCUT2D eigenvalue weighted by atomic mass is 9.98. The first-order valence-electron chi connectivity index (χ1n) is 6.13. The third-order valence-electron chi connectivity index (χ3n) is 3.87. The molecule has 2 fully saturated rings. The Morgan fingerprint density at radius 3 is 2.60 bits per heavy atom. The molecule has 0 aliphatic carbocycles. The second kappa shape index (κ2) is 4.96. The predicted molar refractivity (Wildman–Crippen MR) is 60.4 cm³/mol. The number of hydrogen-bond acceptors (Lipinski definition) is 3. The van der Waals surface area contributed by atoms with Crippen LogP contribution in [0, 0.1) is 11.3 Å². The van der Waals surface area contributed by atoms with E-state index in [0.29, 0.717) is 6.42 Å². The minimum atomic E-state index is 0.697. The molecule has 3 heteroatoms. The molecule has 0 aromatic rings. The molecule has 15 heavy (non-hydrogen) atoms. The summed E-state index contributed by atoms with van der Waals surface area (Å²) in [4.78, 5) is 2.46. The van der Waals surface area contributed by atoms with E-state index in [0.717, 1.165) is 31.1 Å². The molecule has 2 bridgehead atoms. The van der Waals surface area contributed by atoms with Gasteiger partial charge in [0.1, 0.15) is 0 Å². The van der Waals surface area contributed by atoms with Crippen LogP contribution < -0.4 is 5.32 Å². The lowest BCUT2D eigenvalue weighted by Gasteiger charge is -2.35. The largest absolute Gasteiger partial charge is 0.311 e. The van der Waals surface area contributed by atoms with Crippen LogP contribution >= 0.6 is 0 Å². The highest BCUT2D eigenvalue weighted by molar-refractivity contribution is 4.95. The van der Waals surface area contributed by atoms with Crippen molar-refractivity contribution in [2.75, 3.05) is 13.6 Å². The van der Waals surface area contributed by atoms with Gasteiger partial charge in [0.15, 0.2) is 0 Å². The van der Waals surface area contributed by atoms with E-state index >= 15 is 0 Å². The number of rotatable bonds is 4. The maximum absolute atomic E-state index is 8.51. The fourth-order valence-corrected chi connectivity index (χ4v) is 2.98. The molecule has 1 N–H and O–H groups in total. The number of nitriles is 1. The van der Waals surface area contributed by atoms with E-state index in [9.17, 15) is 0 Å². The van der Waals surface area contributed by atoms with Crippen LogP contribution in [0.15, 0.2) is 0 Å². The molecular weight excluding hydrogens is 186 g/mol. The van der Waals surface area contributed by atoms with Gasteiger partial charge >= 0.3 is 0 Å². The fourth-order valence-electron chi connectivity index (χ4n) is 2.98. The molecule has 3 nitrogen and oxygen atoms in total. The van der Waals surface area contributed by atoms with Gasteiger partial charge in [-0.1, -0.05) is 0 Å². The minimum absolute atomic E-state index is 0.697. The quantitative estimate of drug-likeness (QED) is 0.710. The first kappa shape index (κ1) is 10.9. The van der Waals surface area contributed by atoms with Crippen LogP contribution in [-0.4, -0.2) is 36.6 Å². The summed E-state index contributed by atoms with van der Waals surface area (Å²) in [6.07, 6.45) is 7.06. The number of nitrogens with zero attached hydrogens (tertiary/aromatic N) is 2. The van der Waals surface area contributed by atoms with Crippen molar-refractivity contribution < 1.29 is 0 Å². The summed E-state index contributed by atoms with van der Waals surface area (Å²) < 4.78 is 0. The summed E-state index contributed by atoms with van der Waals surface area (Å²) in [5, 5.41) is 12.2. The van der Waals surface area contributed by atoms with Gasteiger partial charge < -0.3 is 10.2 Å². The predicted octanol–water partition coefficient (Wildman–Crippen LogP) is 1.50. The molecule has 0 saturated carbocycles. The van der Waals surface area contributed by atoms with Gasteiger partial charge in [-0.15, -0.1) is 0 Å². The lowest BCUT2D eigenvalue weighted by molar-refractivity contribution is 0.171. The van der Waals surface area contributed by atoms with Crippen molar-refractivity contribution in [2.24, 2.45) is 0 Å². The Bertz CT molecular complexity index is 234. The van der Waals surface area contributed by atoms with Gasteiger partial charge in [-0.3, -0.25) is 0 Å². The molecule has 2 aliphatic heterocycles. The van der Waals surface area contributed by atoms with E-state index in [-0.39, 0.29) is 0 Å². The van der Waals surface area contributed by atoms with Gasteiger partial charge in [0.25, 0.3) is 0 Å². The average molecular weight is 207 g/mol. The second-order valence-corrected chi connectivity index (χ2v) is 5.01. The number of fused-ring (bicyclic) bond motifs is 2. The Hall–Kier alpha value is -0.590. The normalized spacial score (nSPS) is 34.3. The molecule has 0 aromatic heterocycles. The topological polar surface area (TPSA) is 39.1 Å². The van der Waals surface area contributed by atoms with E-state index < -0.39 is 0 Å². The summed E-state index contributed by atoms with van der Waals surface area (Å²) >= 11 is 0. The number of hydrogen-bond donors (Lipinski definition) is 1. The fraction of sp³-hybridized carbons (Fsp3) is 0.917. The van der Waals surface area contributed by atoms with Crippen molar-refractivity contribution >= 4 is 0 Å². The molecule has 0 spiro atoms. The van der Waals surface area contributed by atoms with E-state index in [4.69, 9.17) is 5.26 Å². The zero-order chi connectivity index (χ0) is 10.7. The number of nitrogens with one attached hydrogen (secondary N) is 1. The van der Waals surface area contributed by atoms with E-state index in [1.54, 1.807) is 0 Å². The Kier molecular flexibility index (Phi) is 3.61. The first-order chi connectivity index (χ1) is 7.29.